The molecule has 1 aromatic carbocycles. The predicted octanol–water partition coefficient (Wildman–Crippen LogP) is 2.91. The number of halogens is 1. The summed E-state index contributed by atoms with van der Waals surface area (Å²) in [6, 6.07) is 6.99. The van der Waals surface area contributed by atoms with Crippen LogP contribution in [0.3, 0.4) is 0 Å². The van der Waals surface area contributed by atoms with Crippen molar-refractivity contribution in [1.82, 2.24) is 5.32 Å². The predicted molar refractivity (Wildman–Crippen MR) is 88.3 cm³/mol. The van der Waals surface area contributed by atoms with Gasteiger partial charge in [-0.15, -0.1) is 0 Å². The van der Waals surface area contributed by atoms with Crippen molar-refractivity contribution >= 4 is 9.84 Å². The highest BCUT2D eigenvalue weighted by atomic mass is 32.2. The Balaban J connectivity index is 1.91. The van der Waals surface area contributed by atoms with E-state index in [4.69, 9.17) is 0 Å². The highest BCUT2D eigenvalue weighted by molar-refractivity contribution is 7.91. The van der Waals surface area contributed by atoms with Crippen molar-refractivity contribution < 1.29 is 12.8 Å². The number of rotatable bonds is 5. The maximum absolute atomic E-state index is 13.4. The maximum Gasteiger partial charge on any atom is 0.150 e. The van der Waals surface area contributed by atoms with Crippen LogP contribution in [0, 0.1) is 11.7 Å². The molecule has 124 valence electrons. The molecule has 1 atom stereocenters. The number of nitrogens with one attached hydrogen (secondary N) is 1. The molecule has 1 N–H and O–H groups in total. The molecule has 22 heavy (non-hydrogen) atoms. The van der Waals surface area contributed by atoms with Crippen LogP contribution in [0.15, 0.2) is 24.3 Å². The molecule has 0 radical (unpaired) electrons. The minimum atomic E-state index is -2.81. The van der Waals surface area contributed by atoms with Gasteiger partial charge in [0.05, 0.1) is 11.5 Å². The molecule has 1 aliphatic rings. The van der Waals surface area contributed by atoms with E-state index in [-0.39, 0.29) is 17.3 Å². The Bertz CT molecular complexity index is 599. The van der Waals surface area contributed by atoms with Gasteiger partial charge in [-0.25, -0.2) is 12.8 Å². The quantitative estimate of drug-likeness (QED) is 0.904. The second kappa shape index (κ2) is 6.67. The van der Waals surface area contributed by atoms with Gasteiger partial charge < -0.3 is 5.32 Å². The number of hydrogen-bond donors (Lipinski definition) is 1. The Labute approximate surface area is 133 Å². The SMILES string of the molecule is C[C@H](NCC(C)(C)c1cccc(F)c1)C1CCS(=O)(=O)CC1. The molecular weight excluding hydrogens is 301 g/mol. The van der Waals surface area contributed by atoms with Crippen LogP contribution in [0.25, 0.3) is 0 Å². The highest BCUT2D eigenvalue weighted by Gasteiger charge is 2.29. The summed E-state index contributed by atoms with van der Waals surface area (Å²) in [5.41, 5.74) is 0.801. The second-order valence-corrected chi connectivity index (χ2v) is 9.36. The van der Waals surface area contributed by atoms with Gasteiger partial charge in [-0.3, -0.25) is 0 Å². The summed E-state index contributed by atoms with van der Waals surface area (Å²) in [6.07, 6.45) is 1.47. The molecule has 0 unspecified atom stereocenters. The van der Waals surface area contributed by atoms with Gasteiger partial charge in [0.15, 0.2) is 0 Å². The lowest BCUT2D eigenvalue weighted by Crippen LogP contribution is -2.43. The van der Waals surface area contributed by atoms with E-state index in [2.05, 4.69) is 26.1 Å². The van der Waals surface area contributed by atoms with Crippen molar-refractivity contribution in [3.05, 3.63) is 35.6 Å². The topological polar surface area (TPSA) is 46.2 Å². The Morgan fingerprint density at radius 2 is 1.95 bits per heavy atom. The minimum Gasteiger partial charge on any atom is -0.313 e. The van der Waals surface area contributed by atoms with Gasteiger partial charge in [0.2, 0.25) is 0 Å². The van der Waals surface area contributed by atoms with Crippen molar-refractivity contribution in [2.24, 2.45) is 5.92 Å². The van der Waals surface area contributed by atoms with E-state index in [0.717, 1.165) is 24.9 Å². The van der Waals surface area contributed by atoms with Gasteiger partial charge >= 0.3 is 0 Å². The summed E-state index contributed by atoms with van der Waals surface area (Å²) in [5.74, 6) is 0.788. The zero-order chi connectivity index (χ0) is 16.4. The summed E-state index contributed by atoms with van der Waals surface area (Å²) in [7, 11) is -2.81. The number of benzene rings is 1. The van der Waals surface area contributed by atoms with Crippen LogP contribution < -0.4 is 5.32 Å². The molecule has 0 amide bonds. The van der Waals surface area contributed by atoms with Gasteiger partial charge in [-0.05, 0) is 43.4 Å². The molecule has 1 aliphatic heterocycles. The fourth-order valence-electron chi connectivity index (χ4n) is 3.00. The second-order valence-electron chi connectivity index (χ2n) is 7.05. The molecule has 0 aliphatic carbocycles. The van der Waals surface area contributed by atoms with Gasteiger partial charge in [-0.2, -0.15) is 0 Å². The van der Waals surface area contributed by atoms with E-state index in [1.165, 1.54) is 6.07 Å². The molecule has 0 saturated carbocycles. The van der Waals surface area contributed by atoms with Crippen molar-refractivity contribution in [1.29, 1.82) is 0 Å². The first-order valence-corrected chi connectivity index (χ1v) is 9.72. The molecule has 0 spiro atoms. The van der Waals surface area contributed by atoms with Gasteiger partial charge in [0, 0.05) is 18.0 Å². The standard InChI is InChI=1S/C17H26FNO2S/c1-13(14-7-9-22(20,21)10-8-14)19-12-17(2,3)15-5-4-6-16(18)11-15/h4-6,11,13-14,19H,7-10,12H2,1-3H3/t13-/m0/s1. The third kappa shape index (κ3) is 4.53. The molecule has 1 heterocycles. The molecule has 0 aromatic heterocycles. The zero-order valence-corrected chi connectivity index (χ0v) is 14.4. The van der Waals surface area contributed by atoms with Crippen LogP contribution in [-0.2, 0) is 15.3 Å². The van der Waals surface area contributed by atoms with Crippen LogP contribution in [0.4, 0.5) is 4.39 Å². The molecule has 2 rings (SSSR count). The van der Waals surface area contributed by atoms with Crippen LogP contribution in [0.5, 0.6) is 0 Å². The fourth-order valence-corrected chi connectivity index (χ4v) is 4.53. The van der Waals surface area contributed by atoms with Gasteiger partial charge in [-0.1, -0.05) is 26.0 Å². The Morgan fingerprint density at radius 1 is 1.32 bits per heavy atom. The van der Waals surface area contributed by atoms with E-state index in [1.807, 2.05) is 6.07 Å². The van der Waals surface area contributed by atoms with E-state index < -0.39 is 9.84 Å². The molecule has 5 heteroatoms. The number of hydrogen-bond acceptors (Lipinski definition) is 3. The van der Waals surface area contributed by atoms with E-state index in [9.17, 15) is 12.8 Å². The summed E-state index contributed by atoms with van der Waals surface area (Å²) in [4.78, 5) is 0. The largest absolute Gasteiger partial charge is 0.313 e. The third-order valence-corrected chi connectivity index (χ3v) is 6.49. The lowest BCUT2D eigenvalue weighted by atomic mass is 9.83. The van der Waals surface area contributed by atoms with Crippen LogP contribution in [0.2, 0.25) is 0 Å². The van der Waals surface area contributed by atoms with Crippen molar-refractivity contribution in [3.63, 3.8) is 0 Å². The normalized spacial score (nSPS) is 20.7. The van der Waals surface area contributed by atoms with Crippen LogP contribution in [-0.4, -0.2) is 32.5 Å². The Kier molecular flexibility index (Phi) is 5.28. The first-order valence-electron chi connectivity index (χ1n) is 7.89. The van der Waals surface area contributed by atoms with E-state index in [0.29, 0.717) is 17.4 Å². The third-order valence-electron chi connectivity index (χ3n) is 4.78. The van der Waals surface area contributed by atoms with Crippen LogP contribution in [0.1, 0.15) is 39.2 Å². The smallest absolute Gasteiger partial charge is 0.150 e. The first-order chi connectivity index (χ1) is 10.2. The number of sulfone groups is 1. The van der Waals surface area contributed by atoms with Gasteiger partial charge in [0.1, 0.15) is 15.7 Å². The van der Waals surface area contributed by atoms with Gasteiger partial charge in [0.25, 0.3) is 0 Å². The Hall–Kier alpha value is -0.940. The van der Waals surface area contributed by atoms with E-state index in [1.54, 1.807) is 12.1 Å². The molecule has 1 aromatic rings. The minimum absolute atomic E-state index is 0.170. The molecule has 0 bridgehead atoms. The van der Waals surface area contributed by atoms with Crippen molar-refractivity contribution in [2.75, 3.05) is 18.1 Å². The average Bonchev–Trinajstić information content (AvgIpc) is 2.45. The summed E-state index contributed by atoms with van der Waals surface area (Å²) < 4.78 is 36.4. The van der Waals surface area contributed by atoms with Crippen LogP contribution >= 0.6 is 0 Å². The summed E-state index contributed by atoms with van der Waals surface area (Å²) in [6.45, 7) is 7.03. The fraction of sp³-hybridized carbons (Fsp3) is 0.647. The average molecular weight is 327 g/mol. The Morgan fingerprint density at radius 3 is 2.55 bits per heavy atom. The summed E-state index contributed by atoms with van der Waals surface area (Å²) in [5, 5.41) is 3.52. The van der Waals surface area contributed by atoms with Crippen molar-refractivity contribution in [3.8, 4) is 0 Å². The van der Waals surface area contributed by atoms with Crippen molar-refractivity contribution in [2.45, 2.75) is 45.1 Å². The molecule has 3 nitrogen and oxygen atoms in total. The first kappa shape index (κ1) is 17.4. The van der Waals surface area contributed by atoms with E-state index >= 15 is 0 Å². The zero-order valence-electron chi connectivity index (χ0n) is 13.6. The molecule has 1 fully saturated rings. The monoisotopic (exact) mass is 327 g/mol. The molecule has 1 saturated heterocycles. The summed E-state index contributed by atoms with van der Waals surface area (Å²) >= 11 is 0. The lowest BCUT2D eigenvalue weighted by molar-refractivity contribution is 0.321. The molecular formula is C17H26FNO2S. The lowest BCUT2D eigenvalue weighted by Gasteiger charge is -2.32. The highest BCUT2D eigenvalue weighted by Crippen LogP contribution is 2.25. The maximum atomic E-state index is 13.4.